The molecule has 3 heteroatoms. The Hall–Kier alpha value is -1.22. The van der Waals surface area contributed by atoms with E-state index in [2.05, 4.69) is 30.4 Å². The summed E-state index contributed by atoms with van der Waals surface area (Å²) in [5.74, 6) is 0.936. The highest BCUT2D eigenvalue weighted by atomic mass is 16.5. The highest BCUT2D eigenvalue weighted by Gasteiger charge is 2.18. The van der Waals surface area contributed by atoms with Gasteiger partial charge in [-0.1, -0.05) is 6.07 Å². The molecule has 0 aliphatic carbocycles. The van der Waals surface area contributed by atoms with E-state index in [1.807, 2.05) is 6.92 Å². The smallest absolute Gasteiger partial charge is 0.143 e. The second kappa shape index (κ2) is 4.53. The first-order valence-electron chi connectivity index (χ1n) is 5.38. The standard InChI is InChI=1S/C12H17NO2/c1-3-14-8-10-7-13-11-5-4-9(2)6-12(11)15-10/h4-6,10,13H,3,7-8H2,1-2H3. The van der Waals surface area contributed by atoms with Crippen molar-refractivity contribution >= 4 is 5.69 Å². The number of aryl methyl sites for hydroxylation is 1. The maximum Gasteiger partial charge on any atom is 0.143 e. The molecule has 0 saturated carbocycles. The molecule has 1 unspecified atom stereocenters. The summed E-state index contributed by atoms with van der Waals surface area (Å²) in [5, 5.41) is 3.34. The van der Waals surface area contributed by atoms with Crippen molar-refractivity contribution in [2.75, 3.05) is 25.1 Å². The summed E-state index contributed by atoms with van der Waals surface area (Å²) >= 11 is 0. The minimum atomic E-state index is 0.124. The summed E-state index contributed by atoms with van der Waals surface area (Å²) in [6.45, 7) is 6.26. The normalized spacial score (nSPS) is 18.9. The van der Waals surface area contributed by atoms with Gasteiger partial charge in [-0.05, 0) is 31.5 Å². The first-order valence-corrected chi connectivity index (χ1v) is 5.38. The SMILES string of the molecule is CCOCC1CNc2ccc(C)cc2O1. The molecule has 2 rings (SSSR count). The van der Waals surface area contributed by atoms with Gasteiger partial charge in [0.2, 0.25) is 0 Å². The van der Waals surface area contributed by atoms with Crippen LogP contribution in [-0.4, -0.2) is 25.9 Å². The van der Waals surface area contributed by atoms with E-state index in [0.717, 1.165) is 24.6 Å². The summed E-state index contributed by atoms with van der Waals surface area (Å²) in [7, 11) is 0. The molecule has 0 fully saturated rings. The summed E-state index contributed by atoms with van der Waals surface area (Å²) in [4.78, 5) is 0. The van der Waals surface area contributed by atoms with Crippen molar-refractivity contribution in [3.63, 3.8) is 0 Å². The monoisotopic (exact) mass is 207 g/mol. The van der Waals surface area contributed by atoms with Crippen LogP contribution in [0.1, 0.15) is 12.5 Å². The van der Waals surface area contributed by atoms with E-state index in [-0.39, 0.29) is 6.10 Å². The van der Waals surface area contributed by atoms with E-state index < -0.39 is 0 Å². The molecule has 0 radical (unpaired) electrons. The molecule has 1 aromatic rings. The summed E-state index contributed by atoms with van der Waals surface area (Å²) in [6, 6.07) is 6.19. The van der Waals surface area contributed by atoms with Crippen molar-refractivity contribution in [3.8, 4) is 5.75 Å². The minimum Gasteiger partial charge on any atom is -0.484 e. The van der Waals surface area contributed by atoms with E-state index in [1.165, 1.54) is 5.56 Å². The van der Waals surface area contributed by atoms with Crippen molar-refractivity contribution in [1.82, 2.24) is 0 Å². The van der Waals surface area contributed by atoms with E-state index in [9.17, 15) is 0 Å². The number of nitrogens with one attached hydrogen (secondary N) is 1. The number of anilines is 1. The zero-order valence-electron chi connectivity index (χ0n) is 9.25. The van der Waals surface area contributed by atoms with Crippen molar-refractivity contribution in [2.45, 2.75) is 20.0 Å². The van der Waals surface area contributed by atoms with Crippen LogP contribution in [0.5, 0.6) is 5.75 Å². The van der Waals surface area contributed by atoms with Gasteiger partial charge in [0.1, 0.15) is 11.9 Å². The fraction of sp³-hybridized carbons (Fsp3) is 0.500. The third-order valence-electron chi connectivity index (χ3n) is 2.46. The van der Waals surface area contributed by atoms with Gasteiger partial charge in [-0.15, -0.1) is 0 Å². The zero-order valence-corrected chi connectivity index (χ0v) is 9.25. The largest absolute Gasteiger partial charge is 0.484 e. The van der Waals surface area contributed by atoms with Gasteiger partial charge in [0.25, 0.3) is 0 Å². The Kier molecular flexibility index (Phi) is 3.11. The molecule has 1 atom stereocenters. The lowest BCUT2D eigenvalue weighted by Crippen LogP contribution is -2.34. The Morgan fingerprint density at radius 1 is 1.53 bits per heavy atom. The zero-order chi connectivity index (χ0) is 10.7. The summed E-state index contributed by atoms with van der Waals surface area (Å²) < 4.78 is 11.2. The molecule has 82 valence electrons. The summed E-state index contributed by atoms with van der Waals surface area (Å²) in [5.41, 5.74) is 2.29. The Morgan fingerprint density at radius 3 is 3.20 bits per heavy atom. The van der Waals surface area contributed by atoms with Gasteiger partial charge in [-0.2, -0.15) is 0 Å². The molecular weight excluding hydrogens is 190 g/mol. The van der Waals surface area contributed by atoms with Crippen molar-refractivity contribution < 1.29 is 9.47 Å². The Balaban J connectivity index is 2.05. The fourth-order valence-corrected chi connectivity index (χ4v) is 1.66. The topological polar surface area (TPSA) is 30.5 Å². The number of benzene rings is 1. The molecule has 3 nitrogen and oxygen atoms in total. The average Bonchev–Trinajstić information content (AvgIpc) is 2.25. The molecule has 1 aromatic carbocycles. The number of ether oxygens (including phenoxy) is 2. The second-order valence-corrected chi connectivity index (χ2v) is 3.78. The Morgan fingerprint density at radius 2 is 2.40 bits per heavy atom. The maximum absolute atomic E-state index is 5.83. The molecule has 0 bridgehead atoms. The Labute approximate surface area is 90.4 Å². The molecule has 0 spiro atoms. The molecular formula is C12H17NO2. The van der Waals surface area contributed by atoms with Gasteiger partial charge < -0.3 is 14.8 Å². The molecule has 1 N–H and O–H groups in total. The molecule has 1 aliphatic rings. The van der Waals surface area contributed by atoms with Crippen LogP contribution in [0.2, 0.25) is 0 Å². The fourth-order valence-electron chi connectivity index (χ4n) is 1.66. The molecule has 0 saturated heterocycles. The van der Waals surface area contributed by atoms with Crippen LogP contribution in [0.3, 0.4) is 0 Å². The van der Waals surface area contributed by atoms with E-state index >= 15 is 0 Å². The number of rotatable bonds is 3. The molecule has 15 heavy (non-hydrogen) atoms. The van der Waals surface area contributed by atoms with Crippen LogP contribution in [0.15, 0.2) is 18.2 Å². The summed E-state index contributed by atoms with van der Waals surface area (Å²) in [6.07, 6.45) is 0.124. The van der Waals surface area contributed by atoms with Gasteiger partial charge in [0.05, 0.1) is 18.8 Å². The number of hydrogen-bond acceptors (Lipinski definition) is 3. The highest BCUT2D eigenvalue weighted by molar-refractivity contribution is 5.59. The molecule has 0 amide bonds. The van der Waals surface area contributed by atoms with Crippen molar-refractivity contribution in [3.05, 3.63) is 23.8 Å². The van der Waals surface area contributed by atoms with Crippen LogP contribution in [-0.2, 0) is 4.74 Å². The van der Waals surface area contributed by atoms with Gasteiger partial charge in [-0.3, -0.25) is 0 Å². The van der Waals surface area contributed by atoms with Crippen LogP contribution in [0, 0.1) is 6.92 Å². The van der Waals surface area contributed by atoms with Crippen molar-refractivity contribution in [1.29, 1.82) is 0 Å². The van der Waals surface area contributed by atoms with Gasteiger partial charge >= 0.3 is 0 Å². The average molecular weight is 207 g/mol. The first kappa shape index (κ1) is 10.3. The lowest BCUT2D eigenvalue weighted by molar-refractivity contribution is 0.0598. The van der Waals surface area contributed by atoms with Crippen LogP contribution in [0.25, 0.3) is 0 Å². The maximum atomic E-state index is 5.83. The third-order valence-corrected chi connectivity index (χ3v) is 2.46. The lowest BCUT2D eigenvalue weighted by Gasteiger charge is -2.27. The number of fused-ring (bicyclic) bond motifs is 1. The predicted molar refractivity (Wildman–Crippen MR) is 60.6 cm³/mol. The molecule has 1 heterocycles. The first-order chi connectivity index (χ1) is 7.29. The third kappa shape index (κ3) is 2.42. The van der Waals surface area contributed by atoms with Crippen LogP contribution < -0.4 is 10.1 Å². The van der Waals surface area contributed by atoms with E-state index in [4.69, 9.17) is 9.47 Å². The van der Waals surface area contributed by atoms with E-state index in [0.29, 0.717) is 6.61 Å². The molecule has 1 aliphatic heterocycles. The van der Waals surface area contributed by atoms with Crippen LogP contribution in [0.4, 0.5) is 5.69 Å². The van der Waals surface area contributed by atoms with E-state index in [1.54, 1.807) is 0 Å². The second-order valence-electron chi connectivity index (χ2n) is 3.78. The van der Waals surface area contributed by atoms with Gasteiger partial charge in [0.15, 0.2) is 0 Å². The predicted octanol–water partition coefficient (Wildman–Crippen LogP) is 2.20. The highest BCUT2D eigenvalue weighted by Crippen LogP contribution is 2.29. The van der Waals surface area contributed by atoms with Gasteiger partial charge in [-0.25, -0.2) is 0 Å². The quantitative estimate of drug-likeness (QED) is 0.824. The van der Waals surface area contributed by atoms with Crippen LogP contribution >= 0.6 is 0 Å². The van der Waals surface area contributed by atoms with Gasteiger partial charge in [0, 0.05) is 6.61 Å². The lowest BCUT2D eigenvalue weighted by atomic mass is 10.1. The van der Waals surface area contributed by atoms with Crippen molar-refractivity contribution in [2.24, 2.45) is 0 Å². The molecule has 0 aromatic heterocycles. The Bertz CT molecular complexity index is 338. The number of hydrogen-bond donors (Lipinski definition) is 1. The minimum absolute atomic E-state index is 0.124.